The summed E-state index contributed by atoms with van der Waals surface area (Å²) in [5.74, 6) is -0.548. The molecule has 0 fully saturated rings. The van der Waals surface area contributed by atoms with Gasteiger partial charge in [0.05, 0.1) is 11.7 Å². The van der Waals surface area contributed by atoms with E-state index in [0.29, 0.717) is 0 Å². The van der Waals surface area contributed by atoms with E-state index >= 15 is 0 Å². The molecule has 0 atom stereocenters. The van der Waals surface area contributed by atoms with Gasteiger partial charge < -0.3 is 4.57 Å². The maximum absolute atomic E-state index is 11.0. The normalized spacial score (nSPS) is 11.1. The molecule has 0 bridgehead atoms. The number of aromatic nitrogens is 2. The highest BCUT2D eigenvalue weighted by atomic mass is 16.5. The number of carbonyl (C=O) groups is 1. The van der Waals surface area contributed by atoms with Crippen molar-refractivity contribution in [2.24, 2.45) is 0 Å². The molecule has 0 aliphatic rings. The van der Waals surface area contributed by atoms with Crippen molar-refractivity contribution in [1.29, 1.82) is 0 Å². The average molecular weight is 293 g/mol. The van der Waals surface area contributed by atoms with Crippen LogP contribution in [0.15, 0.2) is 61.1 Å². The Hall–Kier alpha value is -2.92. The lowest BCUT2D eigenvalue weighted by atomic mass is 10.1. The fourth-order valence-electron chi connectivity index (χ4n) is 2.37. The molecule has 0 radical (unpaired) electrons. The highest BCUT2D eigenvalue weighted by molar-refractivity contribution is 5.90. The molecule has 0 saturated carbocycles. The smallest absolute Gasteiger partial charge is 0.267 e. The van der Waals surface area contributed by atoms with Crippen molar-refractivity contribution >= 4 is 22.9 Å². The highest BCUT2D eigenvalue weighted by Crippen LogP contribution is 2.16. The monoisotopic (exact) mass is 293 g/mol. The van der Waals surface area contributed by atoms with Gasteiger partial charge in [-0.25, -0.2) is 5.48 Å². The van der Waals surface area contributed by atoms with Crippen molar-refractivity contribution in [1.82, 2.24) is 15.0 Å². The molecule has 1 aromatic carbocycles. The molecule has 5 nitrogen and oxygen atoms in total. The number of nitrogens with one attached hydrogen (secondary N) is 1. The lowest BCUT2D eigenvalue weighted by Crippen LogP contribution is -2.14. The molecule has 2 N–H and O–H groups in total. The number of nitrogens with zero attached hydrogens (tertiary/aromatic N) is 2. The fraction of sp³-hybridized carbons (Fsp3) is 0.0588. The van der Waals surface area contributed by atoms with Crippen LogP contribution in [0.25, 0.3) is 17.0 Å². The molecule has 2 heterocycles. The zero-order chi connectivity index (χ0) is 15.4. The zero-order valence-corrected chi connectivity index (χ0v) is 11.8. The molecule has 0 aliphatic carbocycles. The van der Waals surface area contributed by atoms with Crippen molar-refractivity contribution < 1.29 is 10.0 Å². The molecule has 2 aromatic heterocycles. The van der Waals surface area contributed by atoms with Gasteiger partial charge in [0.15, 0.2) is 0 Å². The average Bonchev–Trinajstić information content (AvgIpc) is 2.96. The Morgan fingerprint density at radius 3 is 3.09 bits per heavy atom. The molecule has 110 valence electrons. The Morgan fingerprint density at radius 1 is 1.32 bits per heavy atom. The van der Waals surface area contributed by atoms with Gasteiger partial charge in [0.1, 0.15) is 0 Å². The van der Waals surface area contributed by atoms with E-state index in [4.69, 9.17) is 5.21 Å². The summed E-state index contributed by atoms with van der Waals surface area (Å²) in [6.07, 6.45) is 8.61. The van der Waals surface area contributed by atoms with Crippen molar-refractivity contribution in [3.05, 3.63) is 72.2 Å². The van der Waals surface area contributed by atoms with E-state index < -0.39 is 5.91 Å². The molecule has 1 amide bonds. The minimum absolute atomic E-state index is 0.548. The molecule has 3 aromatic rings. The van der Waals surface area contributed by atoms with E-state index in [1.165, 1.54) is 6.08 Å². The van der Waals surface area contributed by atoms with Crippen molar-refractivity contribution in [2.75, 3.05) is 0 Å². The van der Waals surface area contributed by atoms with Gasteiger partial charge in [-0.3, -0.25) is 15.0 Å². The Morgan fingerprint density at radius 2 is 2.23 bits per heavy atom. The van der Waals surface area contributed by atoms with E-state index in [9.17, 15) is 4.79 Å². The Balaban J connectivity index is 1.84. The zero-order valence-electron chi connectivity index (χ0n) is 11.8. The van der Waals surface area contributed by atoms with Crippen LogP contribution >= 0.6 is 0 Å². The molecule has 0 saturated heterocycles. The van der Waals surface area contributed by atoms with Crippen LogP contribution in [0.1, 0.15) is 11.1 Å². The van der Waals surface area contributed by atoms with Crippen LogP contribution in [0.3, 0.4) is 0 Å². The number of hydrogen-bond acceptors (Lipinski definition) is 3. The third-order valence-corrected chi connectivity index (χ3v) is 3.42. The molecule has 3 rings (SSSR count). The summed E-state index contributed by atoms with van der Waals surface area (Å²) in [5.41, 5.74) is 4.67. The van der Waals surface area contributed by atoms with Gasteiger partial charge in [-0.05, 0) is 35.4 Å². The summed E-state index contributed by atoms with van der Waals surface area (Å²) in [4.78, 5) is 15.2. The Kier molecular flexibility index (Phi) is 3.98. The largest absolute Gasteiger partial charge is 0.342 e. The van der Waals surface area contributed by atoms with E-state index in [-0.39, 0.29) is 0 Å². The molecule has 22 heavy (non-hydrogen) atoms. The van der Waals surface area contributed by atoms with Crippen LogP contribution in [-0.4, -0.2) is 20.7 Å². The van der Waals surface area contributed by atoms with Crippen LogP contribution in [0.2, 0.25) is 0 Å². The van der Waals surface area contributed by atoms with Gasteiger partial charge >= 0.3 is 0 Å². The van der Waals surface area contributed by atoms with Gasteiger partial charge in [0.25, 0.3) is 5.91 Å². The minimum Gasteiger partial charge on any atom is -0.342 e. The second-order valence-electron chi connectivity index (χ2n) is 4.93. The van der Waals surface area contributed by atoms with E-state index in [1.54, 1.807) is 17.8 Å². The summed E-state index contributed by atoms with van der Waals surface area (Å²) in [6, 6.07) is 11.9. The van der Waals surface area contributed by atoms with E-state index in [1.807, 2.05) is 42.7 Å². The van der Waals surface area contributed by atoms with Crippen LogP contribution < -0.4 is 5.48 Å². The SMILES string of the molecule is O=C(/C=C/c1cccc(Cn2ccc3ccncc32)c1)NO. The highest BCUT2D eigenvalue weighted by Gasteiger charge is 2.02. The lowest BCUT2D eigenvalue weighted by molar-refractivity contribution is -0.124. The summed E-state index contributed by atoms with van der Waals surface area (Å²) < 4.78 is 2.13. The lowest BCUT2D eigenvalue weighted by Gasteiger charge is -2.06. The first-order chi connectivity index (χ1) is 10.8. The van der Waals surface area contributed by atoms with Crippen molar-refractivity contribution in [3.8, 4) is 0 Å². The number of hydrogen-bond donors (Lipinski definition) is 2. The Bertz CT molecular complexity index is 837. The van der Waals surface area contributed by atoms with E-state index in [0.717, 1.165) is 28.6 Å². The first-order valence-corrected chi connectivity index (χ1v) is 6.86. The summed E-state index contributed by atoms with van der Waals surface area (Å²) in [6.45, 7) is 0.725. The quantitative estimate of drug-likeness (QED) is 0.441. The molecule has 0 spiro atoms. The number of amides is 1. The van der Waals surface area contributed by atoms with Crippen molar-refractivity contribution in [3.63, 3.8) is 0 Å². The number of pyridine rings is 1. The third-order valence-electron chi connectivity index (χ3n) is 3.42. The predicted octanol–water partition coefficient (Wildman–Crippen LogP) is 2.60. The second-order valence-corrected chi connectivity index (χ2v) is 4.93. The second kappa shape index (κ2) is 6.24. The van der Waals surface area contributed by atoms with Crippen molar-refractivity contribution in [2.45, 2.75) is 6.54 Å². The summed E-state index contributed by atoms with van der Waals surface area (Å²) in [7, 11) is 0. The topological polar surface area (TPSA) is 67.2 Å². The number of benzene rings is 1. The maximum Gasteiger partial charge on any atom is 0.267 e. The van der Waals surface area contributed by atoms with Crippen LogP contribution in [0.4, 0.5) is 0 Å². The maximum atomic E-state index is 11.0. The number of carbonyl (C=O) groups excluding carboxylic acids is 1. The molecule has 5 heteroatoms. The molecule has 0 unspecified atom stereocenters. The standard InChI is InChI=1S/C17H15N3O2/c21-17(19-22)5-4-13-2-1-3-14(10-13)12-20-9-7-15-6-8-18-11-16(15)20/h1-11,22H,12H2,(H,19,21)/b5-4+. The first kappa shape index (κ1) is 14.0. The first-order valence-electron chi connectivity index (χ1n) is 6.86. The summed E-state index contributed by atoms with van der Waals surface area (Å²) in [5, 5.41) is 9.64. The predicted molar refractivity (Wildman–Crippen MR) is 84.2 cm³/mol. The molecular weight excluding hydrogens is 278 g/mol. The van der Waals surface area contributed by atoms with Gasteiger partial charge in [-0.15, -0.1) is 0 Å². The third kappa shape index (κ3) is 3.05. The minimum atomic E-state index is -0.548. The van der Waals surface area contributed by atoms with Crippen LogP contribution in [-0.2, 0) is 11.3 Å². The number of fused-ring (bicyclic) bond motifs is 1. The Labute approximate surface area is 127 Å². The van der Waals surface area contributed by atoms with E-state index in [2.05, 4.69) is 15.6 Å². The number of rotatable bonds is 4. The van der Waals surface area contributed by atoms with Crippen LogP contribution in [0.5, 0.6) is 0 Å². The van der Waals surface area contributed by atoms with Gasteiger partial charge in [-0.2, -0.15) is 0 Å². The molecule has 0 aliphatic heterocycles. The fourth-order valence-corrected chi connectivity index (χ4v) is 2.37. The molecular formula is C17H15N3O2. The van der Waals surface area contributed by atoms with Gasteiger partial charge in [-0.1, -0.05) is 18.2 Å². The summed E-state index contributed by atoms with van der Waals surface area (Å²) >= 11 is 0. The van der Waals surface area contributed by atoms with Crippen LogP contribution in [0, 0.1) is 0 Å². The number of hydroxylamine groups is 1. The van der Waals surface area contributed by atoms with Gasteiger partial charge in [0, 0.05) is 30.4 Å². The van der Waals surface area contributed by atoms with Gasteiger partial charge in [0.2, 0.25) is 0 Å².